The fourth-order valence-corrected chi connectivity index (χ4v) is 13.0. The van der Waals surface area contributed by atoms with Crippen molar-refractivity contribution in [3.8, 4) is 0 Å². The van der Waals surface area contributed by atoms with E-state index in [0.717, 1.165) is 51.4 Å². The van der Waals surface area contributed by atoms with Gasteiger partial charge < -0.3 is 20.3 Å². The van der Waals surface area contributed by atoms with Gasteiger partial charge in [-0.2, -0.15) is 0 Å². The van der Waals surface area contributed by atoms with Gasteiger partial charge in [0.1, 0.15) is 0 Å². The van der Waals surface area contributed by atoms with E-state index < -0.39 is 12.1 Å². The monoisotopic (exact) mass is 1280 g/mol. The first-order valence-electron chi connectivity index (χ1n) is 41.4. The van der Waals surface area contributed by atoms with E-state index in [0.29, 0.717) is 19.4 Å². The van der Waals surface area contributed by atoms with Gasteiger partial charge >= 0.3 is 5.97 Å². The molecular weight excluding hydrogens is 1110 g/mol. The molecule has 0 heterocycles. The summed E-state index contributed by atoms with van der Waals surface area (Å²) in [6.07, 6.45) is 107. The number of nitrogens with one attached hydrogen (secondary N) is 1. The lowest BCUT2D eigenvalue weighted by Crippen LogP contribution is -2.45. The molecular formula is C85H161NO5. The Morgan fingerprint density at radius 1 is 0.308 bits per heavy atom. The molecule has 0 aromatic heterocycles. The van der Waals surface area contributed by atoms with Gasteiger partial charge in [-0.1, -0.05) is 403 Å². The van der Waals surface area contributed by atoms with Crippen LogP contribution in [0.5, 0.6) is 0 Å². The van der Waals surface area contributed by atoms with Gasteiger partial charge in [0.15, 0.2) is 0 Å². The minimum Gasteiger partial charge on any atom is -0.466 e. The zero-order valence-electron chi connectivity index (χ0n) is 61.6. The summed E-state index contributed by atoms with van der Waals surface area (Å²) in [5.41, 5.74) is 0. The Balaban J connectivity index is 3.41. The molecule has 0 aromatic carbocycles. The number of unbranched alkanes of at least 4 members (excludes halogenated alkanes) is 61. The molecule has 0 bridgehead atoms. The normalized spacial score (nSPS) is 12.7. The molecule has 0 aromatic rings. The number of hydrogen-bond acceptors (Lipinski definition) is 5. The summed E-state index contributed by atoms with van der Waals surface area (Å²) >= 11 is 0. The maximum Gasteiger partial charge on any atom is 0.305 e. The molecule has 536 valence electrons. The van der Waals surface area contributed by atoms with Crippen LogP contribution in [0.1, 0.15) is 457 Å². The highest BCUT2D eigenvalue weighted by Crippen LogP contribution is 2.20. The van der Waals surface area contributed by atoms with Gasteiger partial charge in [-0.3, -0.25) is 9.59 Å². The molecule has 6 heteroatoms. The van der Waals surface area contributed by atoms with Crippen molar-refractivity contribution in [1.82, 2.24) is 5.32 Å². The van der Waals surface area contributed by atoms with E-state index in [1.165, 1.54) is 379 Å². The largest absolute Gasteiger partial charge is 0.466 e. The number of ether oxygens (including phenoxy) is 1. The fourth-order valence-electron chi connectivity index (χ4n) is 13.0. The lowest BCUT2D eigenvalue weighted by Gasteiger charge is -2.20. The van der Waals surface area contributed by atoms with Gasteiger partial charge in [0, 0.05) is 12.8 Å². The van der Waals surface area contributed by atoms with E-state index in [9.17, 15) is 19.8 Å². The number of esters is 1. The van der Waals surface area contributed by atoms with Crippen molar-refractivity contribution < 1.29 is 24.5 Å². The molecule has 0 aliphatic heterocycles. The minimum absolute atomic E-state index is 0.0132. The Bertz CT molecular complexity index is 1520. The third kappa shape index (κ3) is 76.7. The lowest BCUT2D eigenvalue weighted by atomic mass is 10.0. The van der Waals surface area contributed by atoms with Crippen molar-refractivity contribution in [3.63, 3.8) is 0 Å². The number of carbonyl (C=O) groups excluding carboxylic acids is 2. The molecule has 0 rings (SSSR count). The van der Waals surface area contributed by atoms with Gasteiger partial charge in [-0.05, 0) is 89.9 Å². The number of amides is 1. The Labute approximate surface area is 569 Å². The van der Waals surface area contributed by atoms with Crippen LogP contribution in [0.15, 0.2) is 48.6 Å². The standard InChI is InChI=1S/C85H161NO5/c1-3-5-7-9-11-13-15-17-19-21-23-24-25-35-38-42-45-49-53-57-61-65-69-73-77-83(88)82(81-87)86-84(89)78-74-70-66-62-58-54-50-46-43-39-36-33-31-29-27-26-28-30-32-34-37-40-44-48-52-56-60-64-68-72-76-80-91-85(90)79-75-71-67-63-59-55-51-47-41-22-20-18-16-14-12-10-8-6-4-2/h18,20,28,30,34,37,73,77,82-83,87-88H,3-17,19,21-27,29,31-33,35-36,38-72,74-76,78-81H2,1-2H3,(H,86,89)/b20-18-,30-28-,37-34-,77-73+. The Morgan fingerprint density at radius 2 is 0.549 bits per heavy atom. The SMILES string of the molecule is CCCCCCCC/C=C\CCCCCCCCCCCC(=O)OCCCCCCCCCCC/C=C\C/C=C\CCCCCCCCCCCCCCCCCC(=O)NC(CO)C(O)/C=C/CCCCCCCCCCCCCCCCCCCCCCCC. The zero-order chi connectivity index (χ0) is 65.6. The topological polar surface area (TPSA) is 95.9 Å². The smallest absolute Gasteiger partial charge is 0.305 e. The lowest BCUT2D eigenvalue weighted by molar-refractivity contribution is -0.143. The van der Waals surface area contributed by atoms with Gasteiger partial charge in [0.25, 0.3) is 0 Å². The van der Waals surface area contributed by atoms with Crippen molar-refractivity contribution in [2.24, 2.45) is 0 Å². The Hall–Kier alpha value is -2.18. The number of rotatable bonds is 78. The first-order valence-corrected chi connectivity index (χ1v) is 41.4. The average molecular weight is 1280 g/mol. The summed E-state index contributed by atoms with van der Waals surface area (Å²) in [6, 6.07) is -0.630. The van der Waals surface area contributed by atoms with E-state index in [1.807, 2.05) is 6.08 Å². The molecule has 0 radical (unpaired) electrons. The Kier molecular flexibility index (Phi) is 78.3. The summed E-state index contributed by atoms with van der Waals surface area (Å²) in [4.78, 5) is 24.7. The molecule has 0 aliphatic rings. The van der Waals surface area contributed by atoms with E-state index >= 15 is 0 Å². The fraction of sp³-hybridized carbons (Fsp3) is 0.882. The predicted molar refractivity (Wildman–Crippen MR) is 402 cm³/mol. The summed E-state index contributed by atoms with van der Waals surface area (Å²) in [5, 5.41) is 23.3. The highest BCUT2D eigenvalue weighted by Gasteiger charge is 2.18. The van der Waals surface area contributed by atoms with Crippen molar-refractivity contribution in [2.45, 2.75) is 469 Å². The van der Waals surface area contributed by atoms with Crippen LogP contribution in [-0.4, -0.2) is 47.4 Å². The summed E-state index contributed by atoms with van der Waals surface area (Å²) in [7, 11) is 0. The minimum atomic E-state index is -0.847. The molecule has 6 nitrogen and oxygen atoms in total. The average Bonchev–Trinajstić information content (AvgIpc) is 3.65. The highest BCUT2D eigenvalue weighted by atomic mass is 16.5. The van der Waals surface area contributed by atoms with E-state index in [4.69, 9.17) is 4.74 Å². The summed E-state index contributed by atoms with van der Waals surface area (Å²) in [6.45, 7) is 4.95. The number of aliphatic hydroxyl groups is 2. The van der Waals surface area contributed by atoms with E-state index in [1.54, 1.807) is 6.08 Å². The molecule has 2 unspecified atom stereocenters. The second kappa shape index (κ2) is 80.3. The van der Waals surface area contributed by atoms with E-state index in [-0.39, 0.29) is 18.5 Å². The Morgan fingerprint density at radius 3 is 0.846 bits per heavy atom. The summed E-state index contributed by atoms with van der Waals surface area (Å²) in [5.74, 6) is -0.0495. The third-order valence-corrected chi connectivity index (χ3v) is 19.3. The van der Waals surface area contributed by atoms with Crippen molar-refractivity contribution in [2.75, 3.05) is 13.2 Å². The van der Waals surface area contributed by atoms with E-state index in [2.05, 4.69) is 55.6 Å². The molecule has 91 heavy (non-hydrogen) atoms. The van der Waals surface area contributed by atoms with Crippen LogP contribution in [-0.2, 0) is 14.3 Å². The van der Waals surface area contributed by atoms with Crippen LogP contribution >= 0.6 is 0 Å². The molecule has 3 N–H and O–H groups in total. The third-order valence-electron chi connectivity index (χ3n) is 19.3. The molecule has 0 spiro atoms. The highest BCUT2D eigenvalue weighted by molar-refractivity contribution is 5.76. The molecule has 0 aliphatic carbocycles. The second-order valence-electron chi connectivity index (χ2n) is 28.4. The van der Waals surface area contributed by atoms with Crippen LogP contribution < -0.4 is 5.32 Å². The first-order chi connectivity index (χ1) is 45.0. The van der Waals surface area contributed by atoms with Gasteiger partial charge in [0.2, 0.25) is 5.91 Å². The maximum absolute atomic E-state index is 12.6. The number of allylic oxidation sites excluding steroid dienone is 7. The van der Waals surface area contributed by atoms with Crippen LogP contribution in [0.25, 0.3) is 0 Å². The first kappa shape index (κ1) is 88.8. The van der Waals surface area contributed by atoms with Gasteiger partial charge in [-0.25, -0.2) is 0 Å². The van der Waals surface area contributed by atoms with Gasteiger partial charge in [-0.15, -0.1) is 0 Å². The van der Waals surface area contributed by atoms with Crippen molar-refractivity contribution in [1.29, 1.82) is 0 Å². The van der Waals surface area contributed by atoms with Gasteiger partial charge in [0.05, 0.1) is 25.4 Å². The number of hydrogen-bond donors (Lipinski definition) is 3. The second-order valence-corrected chi connectivity index (χ2v) is 28.4. The van der Waals surface area contributed by atoms with Crippen LogP contribution in [0.4, 0.5) is 0 Å². The van der Waals surface area contributed by atoms with Crippen molar-refractivity contribution >= 4 is 11.9 Å². The van der Waals surface area contributed by atoms with Crippen LogP contribution in [0.3, 0.4) is 0 Å². The molecule has 0 saturated heterocycles. The predicted octanol–water partition coefficient (Wildman–Crippen LogP) is 27.5. The van der Waals surface area contributed by atoms with Crippen LogP contribution in [0, 0.1) is 0 Å². The molecule has 0 fully saturated rings. The number of carbonyl (C=O) groups is 2. The quantitative estimate of drug-likeness (QED) is 0.0320. The van der Waals surface area contributed by atoms with Crippen LogP contribution in [0.2, 0.25) is 0 Å². The molecule has 2 atom stereocenters. The number of aliphatic hydroxyl groups excluding tert-OH is 2. The van der Waals surface area contributed by atoms with Crippen molar-refractivity contribution in [3.05, 3.63) is 48.6 Å². The maximum atomic E-state index is 12.6. The molecule has 0 saturated carbocycles. The summed E-state index contributed by atoms with van der Waals surface area (Å²) < 4.78 is 5.51. The zero-order valence-corrected chi connectivity index (χ0v) is 61.6. The molecule has 1 amide bonds.